The molecule has 0 saturated carbocycles. The number of carbonyl (C=O) groups is 9. The Bertz CT molecular complexity index is 5370. The number of carboxylic acid groups (broad SMARTS) is 3. The second kappa shape index (κ2) is 39.3. The summed E-state index contributed by atoms with van der Waals surface area (Å²) in [6, 6.07) is 55.5. The van der Waals surface area contributed by atoms with Gasteiger partial charge in [-0.3, -0.25) is 43.5 Å². The number of halogens is 1. The number of thioether (sulfide) groups is 3. The first-order valence-corrected chi connectivity index (χ1v) is 40.9. The molecule has 3 aromatic heterocycles. The molecule has 6 aromatic carbocycles. The highest BCUT2D eigenvalue weighted by Gasteiger charge is 2.56. The summed E-state index contributed by atoms with van der Waals surface area (Å²) in [5.74, 6) is -5.96. The quantitative estimate of drug-likeness (QED) is 0.00680. The van der Waals surface area contributed by atoms with Crippen LogP contribution in [0.25, 0.3) is 0 Å². The van der Waals surface area contributed by atoms with Gasteiger partial charge in [0.15, 0.2) is 38.3 Å². The molecule has 9 aromatic rings. The number of oxime groups is 3. The van der Waals surface area contributed by atoms with Gasteiger partial charge in [0.25, 0.3) is 23.6 Å². The zero-order valence-corrected chi connectivity index (χ0v) is 69.2. The predicted octanol–water partition coefficient (Wildman–Crippen LogP) is 8.89. The van der Waals surface area contributed by atoms with Crippen molar-refractivity contribution in [3.8, 4) is 0 Å². The number of hydrogen-bond donors (Lipinski definition) is 9. The molecule has 6 aliphatic heterocycles. The van der Waals surface area contributed by atoms with Crippen LogP contribution in [-0.4, -0.2) is 167 Å². The molecule has 119 heavy (non-hydrogen) atoms. The van der Waals surface area contributed by atoms with E-state index in [2.05, 4.69) is 60.8 Å². The molecule has 3 fully saturated rings. The molecule has 9 heterocycles. The van der Waals surface area contributed by atoms with Crippen molar-refractivity contribution in [1.29, 1.82) is 0 Å². The molecular weight excluding hydrogens is 1750 g/mol. The van der Waals surface area contributed by atoms with Crippen LogP contribution in [0.4, 0.5) is 15.4 Å². The number of hydrogen-bond acceptors (Lipinski definition) is 29. The van der Waals surface area contributed by atoms with Crippen molar-refractivity contribution < 1.29 is 73.4 Å². The van der Waals surface area contributed by atoms with Gasteiger partial charge in [-0.1, -0.05) is 243 Å². The molecule has 13 N–H and O–H groups in total. The van der Waals surface area contributed by atoms with E-state index in [-0.39, 0.29) is 110 Å². The lowest BCUT2D eigenvalue weighted by Gasteiger charge is -2.50. The number of fused-ring (bicyclic) bond motifs is 3. The number of aromatic nitrogens is 3. The van der Waals surface area contributed by atoms with E-state index in [1.165, 1.54) is 82.1 Å². The van der Waals surface area contributed by atoms with E-state index in [4.69, 9.17) is 42.9 Å². The van der Waals surface area contributed by atoms with Gasteiger partial charge < -0.3 is 68.6 Å². The molecule has 612 valence electrons. The third-order valence-electron chi connectivity index (χ3n) is 18.7. The number of carboxylic acids is 3. The van der Waals surface area contributed by atoms with Crippen LogP contribution in [0.2, 0.25) is 0 Å². The van der Waals surface area contributed by atoms with Gasteiger partial charge in [0, 0.05) is 73.7 Å². The van der Waals surface area contributed by atoms with Gasteiger partial charge in [-0.05, 0) is 16.7 Å². The number of nitrogens with two attached hydrogens (primary N) is 4. The summed E-state index contributed by atoms with van der Waals surface area (Å²) < 4.78 is 0. The number of amides is 5. The van der Waals surface area contributed by atoms with Crippen molar-refractivity contribution in [3.63, 3.8) is 0 Å². The number of thiazole rings is 3. The fourth-order valence-corrected chi connectivity index (χ4v) is 18.8. The number of carbonyl (C=O) groups excluding carboxylic acids is 7. The predicted molar refractivity (Wildman–Crippen MR) is 467 cm³/mol. The normalized spacial score (nSPS) is 18.6. The smallest absolute Gasteiger partial charge is 0.352 e. The van der Waals surface area contributed by atoms with E-state index in [0.717, 1.165) is 65.9 Å². The Kier molecular flexibility index (Phi) is 29.4. The van der Waals surface area contributed by atoms with Gasteiger partial charge >= 0.3 is 11.9 Å². The topological polar surface area (TPSA) is 469 Å². The largest absolute Gasteiger partial charge is 0.543 e. The highest BCUT2D eigenvalue weighted by atomic mass is 127. The molecule has 6 atom stereocenters. The third-order valence-corrected chi connectivity index (χ3v) is 24.7. The van der Waals surface area contributed by atoms with Gasteiger partial charge in [-0.2, -0.15) is 0 Å². The second-order valence-electron chi connectivity index (χ2n) is 25.6. The summed E-state index contributed by atoms with van der Waals surface area (Å²) >= 11 is 7.51. The van der Waals surface area contributed by atoms with Crippen LogP contribution in [-0.2, 0) is 64.0 Å². The Morgan fingerprint density at radius 3 is 1.07 bits per heavy atom. The summed E-state index contributed by atoms with van der Waals surface area (Å²) in [6.45, 7) is 12.2. The highest BCUT2D eigenvalue weighted by molar-refractivity contribution is 14.0. The van der Waals surface area contributed by atoms with Crippen LogP contribution in [0.15, 0.2) is 285 Å². The van der Waals surface area contributed by atoms with Crippen molar-refractivity contribution in [2.75, 3.05) is 34.5 Å². The number of β-lactam (4-membered cyclic amide) rings is 3. The zero-order valence-electron chi connectivity index (χ0n) is 61.9. The lowest BCUT2D eigenvalue weighted by atomic mass is 9.80. The zero-order chi connectivity index (χ0) is 83.4. The number of ketones is 1. The van der Waals surface area contributed by atoms with Crippen LogP contribution in [0.3, 0.4) is 0 Å². The Hall–Kier alpha value is -12.4. The average Bonchev–Trinajstić information content (AvgIpc) is 0.752. The van der Waals surface area contributed by atoms with Crippen LogP contribution < -0.4 is 38.7 Å². The third kappa shape index (κ3) is 18.2. The van der Waals surface area contributed by atoms with E-state index in [1.807, 2.05) is 182 Å². The Balaban J connectivity index is 0.000000177. The number of benzene rings is 6. The number of nitrogen functional groups attached to an aromatic ring is 3. The fourth-order valence-electron chi connectivity index (χ4n) is 13.2. The lowest BCUT2D eigenvalue weighted by Crippen LogP contribution is -2.71. The maximum Gasteiger partial charge on any atom is 0.352 e. The van der Waals surface area contributed by atoms with E-state index >= 15 is 0 Å². The SMILES string of the molecule is C.C=CC1=C(C(=O)O)N2C(=O)[C@@H](N)[C@H]2SC1.C=CC1=C(C(=O)O)N2C(=O)[C@@H](NC(=O)/C(=N\O)c3csc(N)n3)[C@H]2SC1.C=CC1=C(C(=O)[O-])N2C(=O)[C@@H](NC(=O)C(=NOC(c3ccccc3)(c3ccccc3)c3ccccc3)c3csc(N)n3)[C@H]2SC1.CC(=O)/C(=N\OC(c1ccccc1)(c1ccccc1)c1ccccc1)c1csc(N)n1.I. The van der Waals surface area contributed by atoms with Crippen molar-refractivity contribution in [3.05, 3.63) is 320 Å². The van der Waals surface area contributed by atoms with Gasteiger partial charge in [-0.25, -0.2) is 24.5 Å². The Morgan fingerprint density at radius 1 is 0.487 bits per heavy atom. The van der Waals surface area contributed by atoms with Crippen LogP contribution in [0.1, 0.15) is 64.8 Å². The number of rotatable bonds is 24. The van der Waals surface area contributed by atoms with Crippen molar-refractivity contribution in [1.82, 2.24) is 40.3 Å². The number of anilines is 3. The van der Waals surface area contributed by atoms with Gasteiger partial charge in [0.2, 0.25) is 17.1 Å². The first-order chi connectivity index (χ1) is 56.4. The molecule has 15 rings (SSSR count). The molecule has 6 aliphatic rings. The highest BCUT2D eigenvalue weighted by Crippen LogP contribution is 2.46. The monoisotopic (exact) mass is 1830 g/mol. The van der Waals surface area contributed by atoms with Crippen LogP contribution in [0.5, 0.6) is 0 Å². The van der Waals surface area contributed by atoms with E-state index < -0.39 is 81.6 Å². The van der Waals surface area contributed by atoms with E-state index in [1.54, 1.807) is 10.8 Å². The molecule has 0 bridgehead atoms. The maximum atomic E-state index is 13.9. The van der Waals surface area contributed by atoms with Gasteiger partial charge in [-0.15, -0.1) is 93.3 Å². The summed E-state index contributed by atoms with van der Waals surface area (Å²) in [7, 11) is 0. The fraction of sp³-hybridized carbons (Fsp3) is 0.159. The molecular formula is C82H75IN15O15S6-. The number of Topliss-reactive ketones (excluding diaryl/α,β-unsaturated/α-hetero) is 1. The molecule has 37 heteroatoms. The summed E-state index contributed by atoms with van der Waals surface area (Å²) in [5.41, 5.74) is 26.6. The first-order valence-electron chi connectivity index (χ1n) is 35.1. The molecule has 3 saturated heterocycles. The van der Waals surface area contributed by atoms with E-state index in [9.17, 15) is 53.4 Å². The molecule has 30 nitrogen and oxygen atoms in total. The summed E-state index contributed by atoms with van der Waals surface area (Å²) in [6.07, 6.45) is 4.26. The van der Waals surface area contributed by atoms with Crippen LogP contribution in [0, 0.1) is 0 Å². The lowest BCUT2D eigenvalue weighted by molar-refractivity contribution is -0.301. The van der Waals surface area contributed by atoms with Crippen LogP contribution >= 0.6 is 93.3 Å². The molecule has 0 radical (unpaired) electrons. The first kappa shape index (κ1) is 89.0. The number of allylic oxidation sites excluding steroid dienone is 3. The Labute approximate surface area is 722 Å². The number of nitrogens with zero attached hydrogens (tertiary/aromatic N) is 9. The molecule has 0 unspecified atom stereocenters. The summed E-state index contributed by atoms with van der Waals surface area (Å²) in [5, 5.41) is 60.3. The molecule has 0 aliphatic carbocycles. The van der Waals surface area contributed by atoms with Crippen molar-refractivity contribution >= 4 is 179 Å². The van der Waals surface area contributed by atoms with Crippen molar-refractivity contribution in [2.45, 2.75) is 59.8 Å². The molecule has 5 amide bonds. The minimum absolute atomic E-state index is 0. The summed E-state index contributed by atoms with van der Waals surface area (Å²) in [4.78, 5) is 139. The van der Waals surface area contributed by atoms with Gasteiger partial charge in [0.1, 0.15) is 62.7 Å². The molecule has 0 spiro atoms. The Morgan fingerprint density at radius 2 is 0.773 bits per heavy atom. The average molecular weight is 1830 g/mol. The number of aliphatic carboxylic acids is 3. The van der Waals surface area contributed by atoms with E-state index in [0.29, 0.717) is 39.1 Å². The minimum atomic E-state index is -1.49. The second-order valence-corrected chi connectivity index (χ2v) is 31.6. The minimum Gasteiger partial charge on any atom is -0.543 e. The number of nitrogens with one attached hydrogen (secondary N) is 2. The van der Waals surface area contributed by atoms with Gasteiger partial charge in [0.05, 0.1) is 11.7 Å². The van der Waals surface area contributed by atoms with Crippen molar-refractivity contribution in [2.24, 2.45) is 21.2 Å². The maximum absolute atomic E-state index is 13.9. The standard InChI is InChI=1S/C33H27N5O5S2.C25H21N3O2S.C14H13N5O5S2.C9H10N2O3S.CH4.HI/c1-2-20-18-44-30-26(29(40)38(30)27(20)31(41)42)36-28(39)25(24-19-45-32(34)35-24)37-43-33(21-12-6-3-7-13-21,22-14-8-4-9-15-22)23-16-10-5-11-17-23;1-18(29)23(22-17-31-24(26)27-22)28-30-25(19-11-5-2-6-12-19,20-13-7-3-8-14-20)21-15-9-4-10-16-21;1-2-5-3-25-12-8(11(21)19(12)9(5)13(22)23)17-10(20)7(18-24)6-4-26-14(15)16-6;1-2-4-3-15-8-5(10)7(12)11(8)6(4)9(13)14;;/h2-17,19,26,30H,1,18H2,(H2,34,35)(H,36,39)(H,41,42);2-17H,1H3,(H2,26,27);2,4,8,12,24H,1,3H2,(H2,15,16)(H,17,20)(H,22,23);2,5,8H,1,3,10H2,(H,13,14);1H4;1H/p-1/b;28-23+;18-7-;;;/t26-,30-;;8-,12-;5-,8-;;/m1.11../s1.